The largest absolute Gasteiger partial charge is 0.462 e. The first kappa shape index (κ1) is 71.8. The Bertz CT molecular complexity index is 1390. The summed E-state index contributed by atoms with van der Waals surface area (Å²) in [6.07, 6.45) is 81.9. The van der Waals surface area contributed by atoms with Crippen LogP contribution in [0.2, 0.25) is 0 Å². The van der Waals surface area contributed by atoms with E-state index in [2.05, 4.69) is 93.7 Å². The summed E-state index contributed by atoms with van der Waals surface area (Å²) in [5, 5.41) is 0. The van der Waals surface area contributed by atoms with Crippen molar-refractivity contribution in [2.75, 3.05) is 13.2 Å². The highest BCUT2D eigenvalue weighted by atomic mass is 16.6. The summed E-state index contributed by atoms with van der Waals surface area (Å²) in [6, 6.07) is 0. The summed E-state index contributed by atoms with van der Waals surface area (Å²) < 4.78 is 16.9. The Morgan fingerprint density at radius 1 is 0.280 bits per heavy atom. The van der Waals surface area contributed by atoms with E-state index in [1.165, 1.54) is 199 Å². The van der Waals surface area contributed by atoms with Crippen molar-refractivity contribution in [3.63, 3.8) is 0 Å². The standard InChI is InChI=1S/C69H122O6/c1-4-7-10-13-16-19-22-25-27-29-31-33-34-36-37-39-41-44-47-50-53-56-59-62-68(71)74-65-66(64-73-67(70)61-58-55-52-49-46-43-24-21-18-15-12-9-6-3)75-69(72)63-60-57-54-51-48-45-42-40-38-35-32-30-28-26-23-20-17-14-11-8-5-2/h7,10,16,19,23,25-27,30-33,66H,4-6,8-9,11-15,17-18,20-22,24,28-29,34-65H2,1-3H3/b10-7-,19-16-,26-23-,27-25-,32-30-,33-31-. The Morgan fingerprint density at radius 2 is 0.520 bits per heavy atom. The van der Waals surface area contributed by atoms with Crippen molar-refractivity contribution in [1.29, 1.82) is 0 Å². The number of carbonyl (C=O) groups is 3. The molecule has 0 aromatic heterocycles. The van der Waals surface area contributed by atoms with Gasteiger partial charge in [0, 0.05) is 19.3 Å². The fourth-order valence-electron chi connectivity index (χ4n) is 9.35. The number of hydrogen-bond acceptors (Lipinski definition) is 6. The molecule has 6 heteroatoms. The minimum Gasteiger partial charge on any atom is -0.462 e. The molecule has 1 unspecified atom stereocenters. The molecule has 0 amide bonds. The highest BCUT2D eigenvalue weighted by Crippen LogP contribution is 2.17. The third-order valence-electron chi connectivity index (χ3n) is 14.2. The van der Waals surface area contributed by atoms with Gasteiger partial charge in [0.05, 0.1) is 0 Å². The lowest BCUT2D eigenvalue weighted by Gasteiger charge is -2.18. The minimum absolute atomic E-state index is 0.0749. The predicted octanol–water partition coefficient (Wildman–Crippen LogP) is 22.1. The minimum atomic E-state index is -0.779. The van der Waals surface area contributed by atoms with Crippen LogP contribution in [0.5, 0.6) is 0 Å². The monoisotopic (exact) mass is 1050 g/mol. The van der Waals surface area contributed by atoms with Gasteiger partial charge in [-0.3, -0.25) is 14.4 Å². The summed E-state index contributed by atoms with van der Waals surface area (Å²) in [4.78, 5) is 38.3. The summed E-state index contributed by atoms with van der Waals surface area (Å²) in [6.45, 7) is 6.55. The molecule has 0 spiro atoms. The van der Waals surface area contributed by atoms with Gasteiger partial charge in [-0.2, -0.15) is 0 Å². The topological polar surface area (TPSA) is 78.9 Å². The molecule has 0 aliphatic carbocycles. The van der Waals surface area contributed by atoms with Crippen LogP contribution in [-0.2, 0) is 28.6 Å². The van der Waals surface area contributed by atoms with Crippen LogP contribution in [0.3, 0.4) is 0 Å². The Labute approximate surface area is 465 Å². The van der Waals surface area contributed by atoms with Crippen LogP contribution >= 0.6 is 0 Å². The second-order valence-corrected chi connectivity index (χ2v) is 21.6. The fraction of sp³-hybridized carbons (Fsp3) is 0.783. The first-order valence-corrected chi connectivity index (χ1v) is 32.4. The maximum atomic E-state index is 12.9. The van der Waals surface area contributed by atoms with Crippen LogP contribution in [0.25, 0.3) is 0 Å². The van der Waals surface area contributed by atoms with Gasteiger partial charge in [0.1, 0.15) is 13.2 Å². The Morgan fingerprint density at radius 3 is 0.813 bits per heavy atom. The molecule has 0 saturated carbocycles. The summed E-state index contributed by atoms with van der Waals surface area (Å²) >= 11 is 0. The van der Waals surface area contributed by atoms with E-state index in [1.54, 1.807) is 0 Å². The van der Waals surface area contributed by atoms with E-state index in [-0.39, 0.29) is 31.1 Å². The molecule has 0 fully saturated rings. The van der Waals surface area contributed by atoms with Crippen LogP contribution in [0, 0.1) is 0 Å². The second-order valence-electron chi connectivity index (χ2n) is 21.6. The molecule has 0 radical (unpaired) electrons. The van der Waals surface area contributed by atoms with Gasteiger partial charge in [-0.1, -0.05) is 293 Å². The highest BCUT2D eigenvalue weighted by Gasteiger charge is 2.19. The van der Waals surface area contributed by atoms with Crippen LogP contribution in [-0.4, -0.2) is 37.2 Å². The summed E-state index contributed by atoms with van der Waals surface area (Å²) in [5.74, 6) is -0.867. The summed E-state index contributed by atoms with van der Waals surface area (Å²) in [7, 11) is 0. The number of allylic oxidation sites excluding steroid dienone is 12. The number of rotatable bonds is 59. The molecule has 0 bridgehead atoms. The molecule has 0 aliphatic rings. The van der Waals surface area contributed by atoms with E-state index in [0.717, 1.165) is 89.9 Å². The molecule has 0 saturated heterocycles. The van der Waals surface area contributed by atoms with Gasteiger partial charge in [0.15, 0.2) is 6.10 Å². The van der Waals surface area contributed by atoms with Crippen LogP contribution in [0.4, 0.5) is 0 Å². The van der Waals surface area contributed by atoms with Crippen LogP contribution in [0.15, 0.2) is 72.9 Å². The SMILES string of the molecule is CC/C=C\C/C=C\C/C=C\C/C=C\CCCCCCCCCCCCC(=O)OCC(COC(=O)CCCCCCCCCCCCCCC)OC(=O)CCCCCCCCCCC/C=C\C/C=C\CCCCCCC. The van der Waals surface area contributed by atoms with Crippen molar-refractivity contribution in [2.45, 2.75) is 335 Å². The third-order valence-corrected chi connectivity index (χ3v) is 14.2. The van der Waals surface area contributed by atoms with Crippen molar-refractivity contribution in [1.82, 2.24) is 0 Å². The van der Waals surface area contributed by atoms with E-state index in [0.29, 0.717) is 19.3 Å². The molecular weight excluding hydrogens is 925 g/mol. The molecule has 1 atom stereocenters. The number of carbonyl (C=O) groups excluding carboxylic acids is 3. The fourth-order valence-corrected chi connectivity index (χ4v) is 9.35. The highest BCUT2D eigenvalue weighted by molar-refractivity contribution is 5.71. The zero-order valence-electron chi connectivity index (χ0n) is 49.8. The molecule has 0 rings (SSSR count). The van der Waals surface area contributed by atoms with Gasteiger partial charge in [-0.25, -0.2) is 0 Å². The lowest BCUT2D eigenvalue weighted by atomic mass is 10.0. The molecule has 0 aromatic rings. The normalized spacial score (nSPS) is 12.5. The Hall–Kier alpha value is -3.15. The average molecular weight is 1050 g/mol. The Kier molecular flexibility index (Phi) is 60.7. The quantitative estimate of drug-likeness (QED) is 0.0261. The number of ether oxygens (including phenoxy) is 3. The molecule has 434 valence electrons. The van der Waals surface area contributed by atoms with E-state index < -0.39 is 6.10 Å². The summed E-state index contributed by atoms with van der Waals surface area (Å²) in [5.41, 5.74) is 0. The first-order chi connectivity index (χ1) is 37.0. The Balaban J connectivity index is 4.32. The number of esters is 3. The van der Waals surface area contributed by atoms with E-state index in [4.69, 9.17) is 14.2 Å². The van der Waals surface area contributed by atoms with Crippen molar-refractivity contribution >= 4 is 17.9 Å². The molecule has 0 aromatic carbocycles. The third kappa shape index (κ3) is 61.6. The van der Waals surface area contributed by atoms with Crippen molar-refractivity contribution < 1.29 is 28.6 Å². The molecule has 0 heterocycles. The molecule has 0 N–H and O–H groups in total. The van der Waals surface area contributed by atoms with Gasteiger partial charge in [-0.15, -0.1) is 0 Å². The zero-order chi connectivity index (χ0) is 54.3. The maximum Gasteiger partial charge on any atom is 0.306 e. The first-order valence-electron chi connectivity index (χ1n) is 32.4. The van der Waals surface area contributed by atoms with Crippen molar-refractivity contribution in [2.24, 2.45) is 0 Å². The zero-order valence-corrected chi connectivity index (χ0v) is 49.8. The lowest BCUT2D eigenvalue weighted by molar-refractivity contribution is -0.167. The van der Waals surface area contributed by atoms with Crippen LogP contribution in [0.1, 0.15) is 329 Å². The van der Waals surface area contributed by atoms with Gasteiger partial charge in [-0.05, 0) is 89.9 Å². The van der Waals surface area contributed by atoms with Gasteiger partial charge < -0.3 is 14.2 Å². The van der Waals surface area contributed by atoms with Crippen molar-refractivity contribution in [3.05, 3.63) is 72.9 Å². The van der Waals surface area contributed by atoms with E-state index >= 15 is 0 Å². The predicted molar refractivity (Wildman–Crippen MR) is 325 cm³/mol. The van der Waals surface area contributed by atoms with Crippen molar-refractivity contribution in [3.8, 4) is 0 Å². The maximum absolute atomic E-state index is 12.9. The molecule has 6 nitrogen and oxygen atoms in total. The molecular formula is C69H122O6. The second kappa shape index (κ2) is 63.4. The van der Waals surface area contributed by atoms with Gasteiger partial charge >= 0.3 is 17.9 Å². The average Bonchev–Trinajstić information content (AvgIpc) is 3.41. The van der Waals surface area contributed by atoms with E-state index in [1.807, 2.05) is 0 Å². The van der Waals surface area contributed by atoms with Gasteiger partial charge in [0.25, 0.3) is 0 Å². The number of unbranched alkanes of at least 4 members (excludes halogenated alkanes) is 36. The molecule has 0 aliphatic heterocycles. The smallest absolute Gasteiger partial charge is 0.306 e. The lowest BCUT2D eigenvalue weighted by Crippen LogP contribution is -2.30. The van der Waals surface area contributed by atoms with Crippen LogP contribution < -0.4 is 0 Å². The van der Waals surface area contributed by atoms with E-state index in [9.17, 15) is 14.4 Å². The number of hydrogen-bond donors (Lipinski definition) is 0. The molecule has 75 heavy (non-hydrogen) atoms. The van der Waals surface area contributed by atoms with Gasteiger partial charge in [0.2, 0.25) is 0 Å².